The maximum Gasteiger partial charge on any atom is 0.305 e. The second kappa shape index (κ2) is 5.23. The van der Waals surface area contributed by atoms with Crippen LogP contribution in [0.1, 0.15) is 25.8 Å². The zero-order chi connectivity index (χ0) is 13.1. The average molecular weight is 243 g/mol. The third-order valence-corrected chi connectivity index (χ3v) is 2.63. The van der Waals surface area contributed by atoms with E-state index >= 15 is 0 Å². The molecule has 0 aliphatic carbocycles. The van der Waals surface area contributed by atoms with E-state index < -0.39 is 23.1 Å². The summed E-state index contributed by atoms with van der Waals surface area (Å²) in [5, 5.41) is 11.8. The summed E-state index contributed by atoms with van der Waals surface area (Å²) in [4.78, 5) is 10.8. The molecule has 3 nitrogen and oxygen atoms in total. The number of rotatable bonds is 5. The van der Waals surface area contributed by atoms with Crippen LogP contribution in [0.5, 0.6) is 0 Å². The van der Waals surface area contributed by atoms with Crippen LogP contribution in [0.3, 0.4) is 0 Å². The number of hydrogen-bond donors (Lipinski definition) is 2. The van der Waals surface area contributed by atoms with Crippen LogP contribution in [0, 0.1) is 11.6 Å². The fourth-order valence-electron chi connectivity index (χ4n) is 1.80. The van der Waals surface area contributed by atoms with Crippen LogP contribution in [0.15, 0.2) is 18.2 Å². The molecule has 0 amide bonds. The van der Waals surface area contributed by atoms with Gasteiger partial charge in [-0.15, -0.1) is 0 Å². The molecule has 0 aromatic heterocycles. The van der Waals surface area contributed by atoms with Gasteiger partial charge in [-0.05, 0) is 31.2 Å². The minimum Gasteiger partial charge on any atom is -0.481 e. The number of carboxylic acid groups (broad SMARTS) is 1. The number of hydrogen-bond acceptors (Lipinski definition) is 2. The highest BCUT2D eigenvalue weighted by Gasteiger charge is 2.29. The monoisotopic (exact) mass is 243 g/mol. The van der Waals surface area contributed by atoms with E-state index in [-0.39, 0.29) is 6.42 Å². The third-order valence-electron chi connectivity index (χ3n) is 2.63. The van der Waals surface area contributed by atoms with E-state index in [1.807, 2.05) is 6.92 Å². The van der Waals surface area contributed by atoms with Crippen molar-refractivity contribution in [1.82, 2.24) is 5.32 Å². The molecule has 0 fully saturated rings. The number of benzene rings is 1. The van der Waals surface area contributed by atoms with Crippen molar-refractivity contribution in [3.8, 4) is 0 Å². The Morgan fingerprint density at radius 2 is 2.06 bits per heavy atom. The molecule has 5 heteroatoms. The first kappa shape index (κ1) is 13.6. The van der Waals surface area contributed by atoms with Gasteiger partial charge in [0, 0.05) is 0 Å². The Morgan fingerprint density at radius 1 is 1.41 bits per heavy atom. The lowest BCUT2D eigenvalue weighted by Gasteiger charge is -2.29. The quantitative estimate of drug-likeness (QED) is 0.834. The molecule has 1 atom stereocenters. The van der Waals surface area contributed by atoms with Gasteiger partial charge in [0.15, 0.2) is 11.6 Å². The molecule has 94 valence electrons. The van der Waals surface area contributed by atoms with Gasteiger partial charge in [-0.2, -0.15) is 0 Å². The molecule has 1 unspecified atom stereocenters. The Kier molecular flexibility index (Phi) is 4.17. The highest BCUT2D eigenvalue weighted by molar-refractivity contribution is 5.68. The van der Waals surface area contributed by atoms with Gasteiger partial charge in [0.25, 0.3) is 0 Å². The minimum absolute atomic E-state index is 0.202. The Morgan fingerprint density at radius 3 is 2.53 bits per heavy atom. The van der Waals surface area contributed by atoms with Crippen molar-refractivity contribution in [1.29, 1.82) is 0 Å². The van der Waals surface area contributed by atoms with E-state index in [0.717, 1.165) is 12.1 Å². The average Bonchev–Trinajstić information content (AvgIpc) is 2.21. The molecule has 0 spiro atoms. The topological polar surface area (TPSA) is 49.3 Å². The van der Waals surface area contributed by atoms with Crippen LogP contribution >= 0.6 is 0 Å². The van der Waals surface area contributed by atoms with Crippen molar-refractivity contribution in [3.05, 3.63) is 35.4 Å². The molecule has 0 saturated carbocycles. The van der Waals surface area contributed by atoms with E-state index in [9.17, 15) is 13.6 Å². The second-order valence-corrected chi connectivity index (χ2v) is 4.06. The van der Waals surface area contributed by atoms with Crippen molar-refractivity contribution >= 4 is 5.97 Å². The predicted molar refractivity (Wildman–Crippen MR) is 59.6 cm³/mol. The smallest absolute Gasteiger partial charge is 0.305 e. The molecule has 0 bridgehead atoms. The van der Waals surface area contributed by atoms with Gasteiger partial charge in [-0.25, -0.2) is 8.78 Å². The first-order valence-electron chi connectivity index (χ1n) is 5.31. The summed E-state index contributed by atoms with van der Waals surface area (Å²) in [6.07, 6.45) is -0.202. The maximum absolute atomic E-state index is 13.1. The first-order chi connectivity index (χ1) is 7.89. The Hall–Kier alpha value is -1.49. The fraction of sp³-hybridized carbons (Fsp3) is 0.417. The number of nitrogens with one attached hydrogen (secondary N) is 1. The minimum atomic E-state index is -1.00. The summed E-state index contributed by atoms with van der Waals surface area (Å²) in [6, 6.07) is 3.42. The van der Waals surface area contributed by atoms with Gasteiger partial charge in [-0.1, -0.05) is 13.0 Å². The van der Waals surface area contributed by atoms with Gasteiger partial charge in [-0.3, -0.25) is 4.79 Å². The SMILES string of the molecule is CCNC(C)(CC(=O)O)c1ccc(F)c(F)c1. The van der Waals surface area contributed by atoms with E-state index in [2.05, 4.69) is 5.32 Å². The number of halogens is 2. The van der Waals surface area contributed by atoms with Crippen molar-refractivity contribution in [2.45, 2.75) is 25.8 Å². The molecule has 1 rings (SSSR count). The molecule has 0 aliphatic heterocycles. The van der Waals surface area contributed by atoms with Crippen LogP contribution < -0.4 is 5.32 Å². The van der Waals surface area contributed by atoms with Gasteiger partial charge >= 0.3 is 5.97 Å². The molecule has 0 aliphatic rings. The normalized spacial score (nSPS) is 14.4. The lowest BCUT2D eigenvalue weighted by atomic mass is 9.88. The van der Waals surface area contributed by atoms with Crippen molar-refractivity contribution in [3.63, 3.8) is 0 Å². The summed E-state index contributed by atoms with van der Waals surface area (Å²) in [6.45, 7) is 4.00. The van der Waals surface area contributed by atoms with E-state index in [0.29, 0.717) is 12.1 Å². The summed E-state index contributed by atoms with van der Waals surface area (Å²) < 4.78 is 26.0. The molecule has 1 aromatic rings. The van der Waals surface area contributed by atoms with E-state index in [4.69, 9.17) is 5.11 Å². The van der Waals surface area contributed by atoms with Crippen molar-refractivity contribution in [2.75, 3.05) is 6.54 Å². The van der Waals surface area contributed by atoms with E-state index in [1.54, 1.807) is 6.92 Å². The Balaban J connectivity index is 3.12. The number of carboxylic acids is 1. The van der Waals surface area contributed by atoms with Crippen molar-refractivity contribution in [2.24, 2.45) is 0 Å². The second-order valence-electron chi connectivity index (χ2n) is 4.06. The number of aliphatic carboxylic acids is 1. The zero-order valence-corrected chi connectivity index (χ0v) is 9.76. The zero-order valence-electron chi connectivity index (χ0n) is 9.76. The van der Waals surface area contributed by atoms with Gasteiger partial charge < -0.3 is 10.4 Å². The highest BCUT2D eigenvalue weighted by Crippen LogP contribution is 2.26. The first-order valence-corrected chi connectivity index (χ1v) is 5.31. The van der Waals surface area contributed by atoms with Crippen LogP contribution in [0.25, 0.3) is 0 Å². The molecular formula is C12H15F2NO2. The molecule has 17 heavy (non-hydrogen) atoms. The van der Waals surface area contributed by atoms with Crippen molar-refractivity contribution < 1.29 is 18.7 Å². The van der Waals surface area contributed by atoms with Crippen LogP contribution in [0.4, 0.5) is 8.78 Å². The maximum atomic E-state index is 13.1. The third kappa shape index (κ3) is 3.23. The standard InChI is InChI=1S/C12H15F2NO2/c1-3-15-12(2,7-11(16)17)8-4-5-9(13)10(14)6-8/h4-6,15H,3,7H2,1-2H3,(H,16,17). The molecule has 0 saturated heterocycles. The molecule has 1 aromatic carbocycles. The van der Waals surface area contributed by atoms with E-state index in [1.165, 1.54) is 6.07 Å². The summed E-state index contributed by atoms with van der Waals surface area (Å²) in [5.74, 6) is -2.92. The molecule has 2 N–H and O–H groups in total. The predicted octanol–water partition coefficient (Wildman–Crippen LogP) is 2.26. The summed E-state index contributed by atoms with van der Waals surface area (Å²) in [7, 11) is 0. The summed E-state index contributed by atoms with van der Waals surface area (Å²) >= 11 is 0. The molecule has 0 radical (unpaired) electrons. The number of carbonyl (C=O) groups is 1. The Labute approximate surface area is 98.5 Å². The fourth-order valence-corrected chi connectivity index (χ4v) is 1.80. The lowest BCUT2D eigenvalue weighted by molar-refractivity contribution is -0.138. The molecular weight excluding hydrogens is 228 g/mol. The van der Waals surface area contributed by atoms with Gasteiger partial charge in [0.2, 0.25) is 0 Å². The summed E-state index contributed by atoms with van der Waals surface area (Å²) in [5.41, 5.74) is -0.490. The molecule has 0 heterocycles. The lowest BCUT2D eigenvalue weighted by Crippen LogP contribution is -2.41. The van der Waals surface area contributed by atoms with Gasteiger partial charge in [0.05, 0.1) is 12.0 Å². The highest BCUT2D eigenvalue weighted by atomic mass is 19.2. The Bertz CT molecular complexity index is 423. The van der Waals surface area contributed by atoms with Crippen LogP contribution in [-0.4, -0.2) is 17.6 Å². The van der Waals surface area contributed by atoms with Gasteiger partial charge in [0.1, 0.15) is 0 Å². The van der Waals surface area contributed by atoms with Crippen LogP contribution in [-0.2, 0) is 10.3 Å². The van der Waals surface area contributed by atoms with Crippen LogP contribution in [0.2, 0.25) is 0 Å². The largest absolute Gasteiger partial charge is 0.481 e.